The van der Waals surface area contributed by atoms with Crippen LogP contribution in [-0.2, 0) is 0 Å². The third-order valence-corrected chi connectivity index (χ3v) is 2.08. The number of hydrogen-bond donors (Lipinski definition) is 0. The summed E-state index contributed by atoms with van der Waals surface area (Å²) in [7, 11) is 1.64. The van der Waals surface area contributed by atoms with E-state index in [1.165, 1.54) is 5.01 Å². The van der Waals surface area contributed by atoms with Crippen LogP contribution in [0.4, 0.5) is 0 Å². The van der Waals surface area contributed by atoms with E-state index < -0.39 is 10.1 Å². The van der Waals surface area contributed by atoms with Crippen LogP contribution in [0.1, 0.15) is 0 Å². The number of nitrogens with zero attached hydrogens (tertiary/aromatic N) is 4. The summed E-state index contributed by atoms with van der Waals surface area (Å²) in [5.41, 5.74) is 0. The molecule has 0 spiro atoms. The van der Waals surface area contributed by atoms with Crippen LogP contribution in [0.25, 0.3) is 0 Å². The number of hydrazone groups is 1. The molecule has 0 aromatic carbocycles. The fourth-order valence-electron chi connectivity index (χ4n) is 0.536. The largest absolute Gasteiger partial charge is 0.260 e. The van der Waals surface area contributed by atoms with Gasteiger partial charge in [-0.1, -0.05) is 0 Å². The lowest BCUT2D eigenvalue weighted by atomic mass is 11.0. The highest BCUT2D eigenvalue weighted by molar-refractivity contribution is 9.09. The Balaban J connectivity index is 2.66. The van der Waals surface area contributed by atoms with Crippen molar-refractivity contribution in [3.63, 3.8) is 0 Å². The van der Waals surface area contributed by atoms with Gasteiger partial charge in [-0.25, -0.2) is 10.1 Å². The number of alkyl halides is 1. The lowest BCUT2D eigenvalue weighted by molar-refractivity contribution is -0.631. The second kappa shape index (κ2) is 2.41. The van der Waals surface area contributed by atoms with Gasteiger partial charge in [-0.2, -0.15) is 5.10 Å². The molecule has 6 nitrogen and oxygen atoms in total. The molecule has 1 atom stereocenters. The third kappa shape index (κ3) is 1.04. The Morgan fingerprint density at radius 1 is 1.90 bits per heavy atom. The number of nitro groups is 1. The van der Waals surface area contributed by atoms with Crippen LogP contribution in [0, 0.1) is 10.1 Å². The first-order valence-corrected chi connectivity index (χ1v) is 3.38. The molecule has 0 bridgehead atoms. The summed E-state index contributed by atoms with van der Waals surface area (Å²) in [5, 5.41) is 15.1. The van der Waals surface area contributed by atoms with Gasteiger partial charge in [0, 0.05) is 7.05 Å². The SMILES string of the molecule is CN1N=CN([N+](=O)[O-])C1Br. The molecule has 0 radical (unpaired) electrons. The minimum Gasteiger partial charge on any atom is -0.260 e. The van der Waals surface area contributed by atoms with E-state index in [0.717, 1.165) is 11.3 Å². The first-order chi connectivity index (χ1) is 4.63. The Bertz CT molecular complexity index is 183. The van der Waals surface area contributed by atoms with Gasteiger partial charge in [-0.05, 0) is 20.9 Å². The van der Waals surface area contributed by atoms with E-state index in [9.17, 15) is 10.1 Å². The molecule has 56 valence electrons. The van der Waals surface area contributed by atoms with Gasteiger partial charge in [-0.3, -0.25) is 5.01 Å². The molecule has 1 aliphatic rings. The Kier molecular flexibility index (Phi) is 1.75. The average Bonchev–Trinajstić information content (AvgIpc) is 2.14. The molecule has 0 aliphatic carbocycles. The minimum absolute atomic E-state index is 0.470. The molecular formula is C3H5BrN4O2. The molecule has 0 aromatic heterocycles. The van der Waals surface area contributed by atoms with Crippen LogP contribution in [0.3, 0.4) is 0 Å². The second-order valence-electron chi connectivity index (χ2n) is 1.73. The number of rotatable bonds is 1. The van der Waals surface area contributed by atoms with Crippen LogP contribution in [-0.4, -0.2) is 33.5 Å². The lowest BCUT2D eigenvalue weighted by Crippen LogP contribution is -2.36. The van der Waals surface area contributed by atoms with Crippen molar-refractivity contribution in [3.05, 3.63) is 10.1 Å². The summed E-state index contributed by atoms with van der Waals surface area (Å²) in [6.07, 6.45) is 1.15. The monoisotopic (exact) mass is 208 g/mol. The van der Waals surface area contributed by atoms with Gasteiger partial charge in [-0.15, -0.1) is 0 Å². The molecule has 10 heavy (non-hydrogen) atoms. The maximum Gasteiger partial charge on any atom is 0.237 e. The van der Waals surface area contributed by atoms with Gasteiger partial charge in [0.2, 0.25) is 5.08 Å². The number of hydrogen-bond acceptors (Lipinski definition) is 4. The highest BCUT2D eigenvalue weighted by atomic mass is 79.9. The molecule has 1 unspecified atom stereocenters. The fourth-order valence-corrected chi connectivity index (χ4v) is 0.897. The highest BCUT2D eigenvalue weighted by Gasteiger charge is 2.30. The van der Waals surface area contributed by atoms with Crippen molar-refractivity contribution in [2.75, 3.05) is 7.05 Å². The molecule has 0 saturated carbocycles. The third-order valence-electron chi connectivity index (χ3n) is 1.07. The van der Waals surface area contributed by atoms with Crippen molar-refractivity contribution in [3.8, 4) is 0 Å². The molecular weight excluding hydrogens is 204 g/mol. The quantitative estimate of drug-likeness (QED) is 0.265. The zero-order chi connectivity index (χ0) is 7.72. The molecule has 1 rings (SSSR count). The van der Waals surface area contributed by atoms with Crippen LogP contribution in [0.2, 0.25) is 0 Å². The van der Waals surface area contributed by atoms with Gasteiger partial charge in [0.05, 0.1) is 0 Å². The zero-order valence-electron chi connectivity index (χ0n) is 5.14. The predicted octanol–water partition coefficient (Wildman–Crippen LogP) is 0.0473. The Morgan fingerprint density at radius 2 is 2.50 bits per heavy atom. The molecule has 0 N–H and O–H groups in total. The summed E-state index contributed by atoms with van der Waals surface area (Å²) in [6.45, 7) is 0. The standard InChI is InChI=1S/C3H5BrN4O2/c1-6-3(4)7(2-5-6)8(9)10/h2-3H,1H3. The van der Waals surface area contributed by atoms with E-state index in [1.54, 1.807) is 7.05 Å². The smallest absolute Gasteiger partial charge is 0.237 e. The summed E-state index contributed by atoms with van der Waals surface area (Å²) >= 11 is 3.06. The maximum absolute atomic E-state index is 10.1. The average molecular weight is 209 g/mol. The Hall–Kier alpha value is -0.850. The van der Waals surface area contributed by atoms with Crippen LogP contribution in [0.5, 0.6) is 0 Å². The van der Waals surface area contributed by atoms with Crippen LogP contribution < -0.4 is 0 Å². The molecule has 0 saturated heterocycles. The van der Waals surface area contributed by atoms with Gasteiger partial charge in [0.15, 0.2) is 11.4 Å². The molecule has 1 heterocycles. The number of halogens is 1. The predicted molar refractivity (Wildman–Crippen MR) is 37.8 cm³/mol. The minimum atomic E-state index is -0.535. The van der Waals surface area contributed by atoms with E-state index in [-0.39, 0.29) is 0 Å². The van der Waals surface area contributed by atoms with Gasteiger partial charge in [0.25, 0.3) is 0 Å². The summed E-state index contributed by atoms with van der Waals surface area (Å²) < 4.78 is 0. The first kappa shape index (κ1) is 7.26. The topological polar surface area (TPSA) is 62.0 Å². The molecule has 0 amide bonds. The summed E-state index contributed by atoms with van der Waals surface area (Å²) in [5.74, 6) is 0. The first-order valence-electron chi connectivity index (χ1n) is 2.46. The Labute approximate surface area is 65.3 Å². The molecule has 0 aromatic rings. The lowest BCUT2D eigenvalue weighted by Gasteiger charge is -2.13. The molecule has 7 heteroatoms. The van der Waals surface area contributed by atoms with E-state index in [0.29, 0.717) is 0 Å². The van der Waals surface area contributed by atoms with Crippen molar-refractivity contribution in [2.24, 2.45) is 5.10 Å². The van der Waals surface area contributed by atoms with Gasteiger partial charge < -0.3 is 0 Å². The van der Waals surface area contributed by atoms with E-state index in [4.69, 9.17) is 0 Å². The fraction of sp³-hybridized carbons (Fsp3) is 0.667. The number of hydrazine groups is 1. The maximum atomic E-state index is 10.1. The summed E-state index contributed by atoms with van der Waals surface area (Å²) in [4.78, 5) is 10.1. The molecule has 1 aliphatic heterocycles. The van der Waals surface area contributed by atoms with E-state index in [1.807, 2.05) is 0 Å². The van der Waals surface area contributed by atoms with Crippen molar-refractivity contribution in [1.29, 1.82) is 0 Å². The van der Waals surface area contributed by atoms with Gasteiger partial charge in [0.1, 0.15) is 0 Å². The highest BCUT2D eigenvalue weighted by Crippen LogP contribution is 2.14. The van der Waals surface area contributed by atoms with Crippen molar-refractivity contribution < 1.29 is 5.03 Å². The summed E-state index contributed by atoms with van der Waals surface area (Å²) in [6, 6.07) is 0. The van der Waals surface area contributed by atoms with E-state index >= 15 is 0 Å². The zero-order valence-corrected chi connectivity index (χ0v) is 6.72. The van der Waals surface area contributed by atoms with Crippen molar-refractivity contribution >= 4 is 22.3 Å². The van der Waals surface area contributed by atoms with Crippen LogP contribution >= 0.6 is 15.9 Å². The van der Waals surface area contributed by atoms with Crippen LogP contribution in [0.15, 0.2) is 5.10 Å². The normalized spacial score (nSPS) is 24.0. The second-order valence-corrected chi connectivity index (χ2v) is 2.55. The van der Waals surface area contributed by atoms with E-state index in [2.05, 4.69) is 21.0 Å². The molecule has 0 fully saturated rings. The van der Waals surface area contributed by atoms with Crippen molar-refractivity contribution in [1.82, 2.24) is 10.0 Å². The van der Waals surface area contributed by atoms with Gasteiger partial charge >= 0.3 is 0 Å². The van der Waals surface area contributed by atoms with Crippen molar-refractivity contribution in [2.45, 2.75) is 5.08 Å². The Morgan fingerprint density at radius 3 is 2.70 bits per heavy atom.